The summed E-state index contributed by atoms with van der Waals surface area (Å²) in [6.07, 6.45) is 3.35. The highest BCUT2D eigenvalue weighted by molar-refractivity contribution is 5.71. The fourth-order valence-electron chi connectivity index (χ4n) is 2.63. The van der Waals surface area contributed by atoms with Crippen LogP contribution in [-0.4, -0.2) is 15.0 Å². The van der Waals surface area contributed by atoms with E-state index in [1.165, 1.54) is 11.1 Å². The maximum absolute atomic E-state index is 4.57. The van der Waals surface area contributed by atoms with Crippen LogP contribution in [0.15, 0.2) is 48.8 Å². The number of benzene rings is 1. The van der Waals surface area contributed by atoms with Crippen LogP contribution in [0.3, 0.4) is 0 Å². The number of nitrogens with zero attached hydrogens (tertiary/aromatic N) is 3. The maximum Gasteiger partial charge on any atom is 0.180 e. The first-order chi connectivity index (χ1) is 10.6. The number of aromatic nitrogens is 3. The van der Waals surface area contributed by atoms with Gasteiger partial charge in [-0.25, -0.2) is 9.97 Å². The highest BCUT2D eigenvalue weighted by Gasteiger charge is 2.18. The Bertz CT molecular complexity index is 783. The van der Waals surface area contributed by atoms with E-state index in [1.807, 2.05) is 12.1 Å². The summed E-state index contributed by atoms with van der Waals surface area (Å²) in [5, 5.41) is 3.55. The number of fused-ring (bicyclic) bond motifs is 1. The molecular formula is C18H20N4. The predicted molar refractivity (Wildman–Crippen MR) is 89.7 cm³/mol. The van der Waals surface area contributed by atoms with Gasteiger partial charge in [-0.05, 0) is 36.1 Å². The number of pyridine rings is 1. The molecular weight excluding hydrogens is 272 g/mol. The van der Waals surface area contributed by atoms with Gasteiger partial charge in [0.25, 0.3) is 0 Å². The summed E-state index contributed by atoms with van der Waals surface area (Å²) < 4.78 is 0. The van der Waals surface area contributed by atoms with Gasteiger partial charge < -0.3 is 5.32 Å². The summed E-state index contributed by atoms with van der Waals surface area (Å²) in [5.74, 6) is 1.27. The molecule has 1 unspecified atom stereocenters. The van der Waals surface area contributed by atoms with E-state index in [0.29, 0.717) is 11.6 Å². The van der Waals surface area contributed by atoms with Crippen LogP contribution in [0.4, 0.5) is 5.82 Å². The second-order valence-electron chi connectivity index (χ2n) is 5.82. The Morgan fingerprint density at radius 3 is 2.50 bits per heavy atom. The third kappa shape index (κ3) is 2.91. The van der Waals surface area contributed by atoms with Gasteiger partial charge in [0.15, 0.2) is 5.65 Å². The zero-order chi connectivity index (χ0) is 15.5. The fourth-order valence-corrected chi connectivity index (χ4v) is 2.63. The van der Waals surface area contributed by atoms with Crippen LogP contribution in [0.5, 0.6) is 0 Å². The average molecular weight is 292 g/mol. The summed E-state index contributed by atoms with van der Waals surface area (Å²) in [7, 11) is 0. The third-order valence-corrected chi connectivity index (χ3v) is 3.83. The normalized spacial score (nSPS) is 12.5. The number of hydrogen-bond donors (Lipinski definition) is 1. The Labute approximate surface area is 130 Å². The minimum atomic E-state index is 0.211. The van der Waals surface area contributed by atoms with Crippen LogP contribution in [0, 0.1) is 12.8 Å². The van der Waals surface area contributed by atoms with Crippen LogP contribution in [0.1, 0.15) is 31.0 Å². The zero-order valence-electron chi connectivity index (χ0n) is 13.1. The fraction of sp³-hybridized carbons (Fsp3) is 0.278. The Hall–Kier alpha value is -2.49. The molecule has 0 aliphatic rings. The van der Waals surface area contributed by atoms with Crippen LogP contribution in [0.25, 0.3) is 11.2 Å². The van der Waals surface area contributed by atoms with E-state index in [4.69, 9.17) is 0 Å². The highest BCUT2D eigenvalue weighted by Crippen LogP contribution is 2.28. The molecule has 2 aromatic heterocycles. The van der Waals surface area contributed by atoms with Gasteiger partial charge in [-0.2, -0.15) is 0 Å². The molecule has 112 valence electrons. The minimum Gasteiger partial charge on any atom is -0.363 e. The monoisotopic (exact) mass is 292 g/mol. The Morgan fingerprint density at radius 2 is 1.73 bits per heavy atom. The lowest BCUT2D eigenvalue weighted by molar-refractivity contribution is 0.543. The van der Waals surface area contributed by atoms with E-state index in [9.17, 15) is 0 Å². The van der Waals surface area contributed by atoms with Gasteiger partial charge in [0.05, 0.1) is 6.04 Å². The Morgan fingerprint density at radius 1 is 0.955 bits per heavy atom. The molecule has 0 aliphatic heterocycles. The number of hydrogen-bond acceptors (Lipinski definition) is 4. The van der Waals surface area contributed by atoms with E-state index >= 15 is 0 Å². The third-order valence-electron chi connectivity index (χ3n) is 3.83. The molecule has 1 atom stereocenters. The number of nitrogens with one attached hydrogen (secondary N) is 1. The second kappa shape index (κ2) is 6.10. The largest absolute Gasteiger partial charge is 0.363 e. The van der Waals surface area contributed by atoms with Crippen molar-refractivity contribution >= 4 is 17.0 Å². The van der Waals surface area contributed by atoms with Gasteiger partial charge in [0, 0.05) is 12.4 Å². The molecule has 3 aromatic rings. The van der Waals surface area contributed by atoms with E-state index < -0.39 is 0 Å². The highest BCUT2D eigenvalue weighted by atomic mass is 15.0. The molecule has 0 saturated heterocycles. The number of aryl methyl sites for hydroxylation is 1. The average Bonchev–Trinajstić information content (AvgIpc) is 2.53. The van der Waals surface area contributed by atoms with Gasteiger partial charge in [0.2, 0.25) is 0 Å². The molecule has 3 rings (SSSR count). The van der Waals surface area contributed by atoms with Crippen LogP contribution >= 0.6 is 0 Å². The Kier molecular flexibility index (Phi) is 4.00. The standard InChI is InChI=1S/C18H20N4/c1-12(2)17(14-7-5-4-6-13(14)3)21-16-9-8-15-18(22-16)20-11-10-19-15/h4-12,17H,1-3H3,(H,20,21,22). The van der Waals surface area contributed by atoms with Crippen molar-refractivity contribution in [1.82, 2.24) is 15.0 Å². The van der Waals surface area contributed by atoms with E-state index in [1.54, 1.807) is 12.4 Å². The van der Waals surface area contributed by atoms with Crippen molar-refractivity contribution in [3.05, 3.63) is 59.9 Å². The minimum absolute atomic E-state index is 0.211. The van der Waals surface area contributed by atoms with Crippen molar-refractivity contribution in [1.29, 1.82) is 0 Å². The van der Waals surface area contributed by atoms with Gasteiger partial charge in [-0.1, -0.05) is 38.1 Å². The van der Waals surface area contributed by atoms with Crippen molar-refractivity contribution in [2.24, 2.45) is 5.92 Å². The molecule has 1 N–H and O–H groups in total. The smallest absolute Gasteiger partial charge is 0.180 e. The lowest BCUT2D eigenvalue weighted by Crippen LogP contribution is -2.18. The van der Waals surface area contributed by atoms with Crippen molar-refractivity contribution < 1.29 is 0 Å². The van der Waals surface area contributed by atoms with E-state index in [0.717, 1.165) is 11.3 Å². The zero-order valence-corrected chi connectivity index (χ0v) is 13.1. The van der Waals surface area contributed by atoms with E-state index in [-0.39, 0.29) is 6.04 Å². The lowest BCUT2D eigenvalue weighted by atomic mass is 9.92. The molecule has 1 aromatic carbocycles. The SMILES string of the molecule is Cc1ccccc1C(Nc1ccc2nccnc2n1)C(C)C. The van der Waals surface area contributed by atoms with Gasteiger partial charge in [-0.15, -0.1) is 0 Å². The van der Waals surface area contributed by atoms with Crippen LogP contribution in [0.2, 0.25) is 0 Å². The van der Waals surface area contributed by atoms with Crippen LogP contribution in [-0.2, 0) is 0 Å². The molecule has 0 aliphatic carbocycles. The van der Waals surface area contributed by atoms with Crippen molar-refractivity contribution in [3.8, 4) is 0 Å². The molecule has 22 heavy (non-hydrogen) atoms. The molecule has 0 spiro atoms. The van der Waals surface area contributed by atoms with E-state index in [2.05, 4.69) is 65.3 Å². The number of anilines is 1. The van der Waals surface area contributed by atoms with Gasteiger partial charge in [0.1, 0.15) is 11.3 Å². The van der Waals surface area contributed by atoms with Crippen molar-refractivity contribution in [2.75, 3.05) is 5.32 Å². The topological polar surface area (TPSA) is 50.7 Å². The molecule has 4 nitrogen and oxygen atoms in total. The van der Waals surface area contributed by atoms with Crippen LogP contribution < -0.4 is 5.32 Å². The summed E-state index contributed by atoms with van der Waals surface area (Å²) in [6, 6.07) is 12.6. The summed E-state index contributed by atoms with van der Waals surface area (Å²) in [4.78, 5) is 13.1. The van der Waals surface area contributed by atoms with Gasteiger partial charge >= 0.3 is 0 Å². The molecule has 0 amide bonds. The van der Waals surface area contributed by atoms with Crippen molar-refractivity contribution in [3.63, 3.8) is 0 Å². The molecule has 4 heteroatoms. The molecule has 0 fully saturated rings. The first kappa shape index (κ1) is 14.4. The molecule has 0 bridgehead atoms. The Balaban J connectivity index is 1.94. The first-order valence-corrected chi connectivity index (χ1v) is 7.55. The molecule has 0 radical (unpaired) electrons. The van der Waals surface area contributed by atoms with Crippen molar-refractivity contribution in [2.45, 2.75) is 26.8 Å². The summed E-state index contributed by atoms with van der Waals surface area (Å²) in [6.45, 7) is 6.57. The second-order valence-corrected chi connectivity index (χ2v) is 5.82. The first-order valence-electron chi connectivity index (χ1n) is 7.55. The lowest BCUT2D eigenvalue weighted by Gasteiger charge is -2.25. The molecule has 2 heterocycles. The summed E-state index contributed by atoms with van der Waals surface area (Å²) >= 11 is 0. The predicted octanol–water partition coefficient (Wildman–Crippen LogP) is 4.14. The quantitative estimate of drug-likeness (QED) is 0.785. The summed E-state index contributed by atoms with van der Waals surface area (Å²) in [5.41, 5.74) is 4.07. The number of rotatable bonds is 4. The van der Waals surface area contributed by atoms with Gasteiger partial charge in [-0.3, -0.25) is 4.98 Å². The maximum atomic E-state index is 4.57. The molecule has 0 saturated carbocycles.